The number of nitrogens with one attached hydrogen (secondary N) is 1. The minimum atomic E-state index is -0.109. The van der Waals surface area contributed by atoms with Crippen LogP contribution in [0.1, 0.15) is 30.1 Å². The predicted molar refractivity (Wildman–Crippen MR) is 73.2 cm³/mol. The Morgan fingerprint density at radius 3 is 2.95 bits per heavy atom. The fourth-order valence-corrected chi connectivity index (χ4v) is 2.81. The summed E-state index contributed by atoms with van der Waals surface area (Å²) in [5.74, 6) is 6.65. The van der Waals surface area contributed by atoms with Gasteiger partial charge in [0, 0.05) is 0 Å². The lowest BCUT2D eigenvalue weighted by atomic mass is 9.92. The van der Waals surface area contributed by atoms with Crippen LogP contribution in [0, 0.1) is 0 Å². The SMILES string of the molecule is NNC(C1=CCCCO1)C1OCCc2ccccc21. The maximum absolute atomic E-state index is 5.95. The monoisotopic (exact) mass is 260 g/mol. The van der Waals surface area contributed by atoms with Gasteiger partial charge in [-0.05, 0) is 36.5 Å². The molecule has 2 aliphatic rings. The van der Waals surface area contributed by atoms with Gasteiger partial charge in [-0.1, -0.05) is 24.3 Å². The average molecular weight is 260 g/mol. The fourth-order valence-electron chi connectivity index (χ4n) is 2.81. The van der Waals surface area contributed by atoms with E-state index < -0.39 is 0 Å². The summed E-state index contributed by atoms with van der Waals surface area (Å²) in [6.45, 7) is 1.49. The van der Waals surface area contributed by atoms with E-state index in [9.17, 15) is 0 Å². The highest BCUT2D eigenvalue weighted by Crippen LogP contribution is 2.33. The van der Waals surface area contributed by atoms with E-state index in [0.717, 1.165) is 38.2 Å². The Kier molecular flexibility index (Phi) is 3.82. The second-order valence-electron chi connectivity index (χ2n) is 4.98. The van der Waals surface area contributed by atoms with Gasteiger partial charge in [0.05, 0.1) is 13.2 Å². The number of hydrogen-bond acceptors (Lipinski definition) is 4. The van der Waals surface area contributed by atoms with Crippen molar-refractivity contribution in [1.29, 1.82) is 0 Å². The van der Waals surface area contributed by atoms with Gasteiger partial charge in [0.15, 0.2) is 0 Å². The number of fused-ring (bicyclic) bond motifs is 1. The smallest absolute Gasteiger partial charge is 0.113 e. The molecule has 1 aromatic carbocycles. The summed E-state index contributed by atoms with van der Waals surface area (Å²) in [5.41, 5.74) is 5.42. The van der Waals surface area contributed by atoms with Gasteiger partial charge >= 0.3 is 0 Å². The molecule has 2 aliphatic heterocycles. The molecule has 1 aromatic rings. The Morgan fingerprint density at radius 1 is 1.26 bits per heavy atom. The van der Waals surface area contributed by atoms with Gasteiger partial charge in [-0.15, -0.1) is 0 Å². The van der Waals surface area contributed by atoms with E-state index in [1.807, 2.05) is 6.07 Å². The molecule has 0 saturated heterocycles. The van der Waals surface area contributed by atoms with Crippen LogP contribution >= 0.6 is 0 Å². The van der Waals surface area contributed by atoms with Crippen molar-refractivity contribution in [3.8, 4) is 0 Å². The van der Waals surface area contributed by atoms with Gasteiger partial charge in [0.2, 0.25) is 0 Å². The first-order valence-corrected chi connectivity index (χ1v) is 6.88. The summed E-state index contributed by atoms with van der Waals surface area (Å²) in [6, 6.07) is 8.29. The summed E-state index contributed by atoms with van der Waals surface area (Å²) in [7, 11) is 0. The first-order chi connectivity index (χ1) is 9.40. The maximum Gasteiger partial charge on any atom is 0.113 e. The number of hydrogen-bond donors (Lipinski definition) is 2. The summed E-state index contributed by atoms with van der Waals surface area (Å²) >= 11 is 0. The molecule has 0 aliphatic carbocycles. The van der Waals surface area contributed by atoms with E-state index in [4.69, 9.17) is 15.3 Å². The third-order valence-corrected chi connectivity index (χ3v) is 3.78. The van der Waals surface area contributed by atoms with Gasteiger partial charge in [0.25, 0.3) is 0 Å². The number of ether oxygens (including phenoxy) is 2. The molecule has 0 aromatic heterocycles. The lowest BCUT2D eigenvalue weighted by Crippen LogP contribution is -2.44. The van der Waals surface area contributed by atoms with E-state index in [1.54, 1.807) is 0 Å². The molecule has 19 heavy (non-hydrogen) atoms. The topological polar surface area (TPSA) is 56.5 Å². The number of nitrogens with two attached hydrogens (primary N) is 1. The molecule has 0 bridgehead atoms. The standard InChI is InChI=1S/C15H20N2O2/c16-17-14(13-7-3-4-9-18-13)15-12-6-2-1-5-11(12)8-10-19-15/h1-2,5-7,14-15,17H,3-4,8-10,16H2. The zero-order chi connectivity index (χ0) is 13.1. The van der Waals surface area contributed by atoms with Crippen molar-refractivity contribution < 1.29 is 9.47 Å². The fraction of sp³-hybridized carbons (Fsp3) is 0.467. The highest BCUT2D eigenvalue weighted by atomic mass is 16.5. The van der Waals surface area contributed by atoms with Crippen LogP contribution in [0.5, 0.6) is 0 Å². The summed E-state index contributed by atoms with van der Waals surface area (Å²) in [5, 5.41) is 0. The molecule has 2 heterocycles. The molecule has 2 unspecified atom stereocenters. The van der Waals surface area contributed by atoms with Gasteiger partial charge in [-0.25, -0.2) is 5.43 Å². The minimum Gasteiger partial charge on any atom is -0.496 e. The third-order valence-electron chi connectivity index (χ3n) is 3.78. The Morgan fingerprint density at radius 2 is 2.16 bits per heavy atom. The third kappa shape index (κ3) is 2.52. The molecule has 0 spiro atoms. The molecular formula is C15H20N2O2. The van der Waals surface area contributed by atoms with Crippen molar-refractivity contribution in [2.75, 3.05) is 13.2 Å². The van der Waals surface area contributed by atoms with Crippen LogP contribution in [-0.4, -0.2) is 19.3 Å². The van der Waals surface area contributed by atoms with Crippen LogP contribution in [-0.2, 0) is 15.9 Å². The van der Waals surface area contributed by atoms with Crippen molar-refractivity contribution in [1.82, 2.24) is 5.43 Å². The number of benzene rings is 1. The number of allylic oxidation sites excluding steroid dienone is 1. The molecule has 2 atom stereocenters. The van der Waals surface area contributed by atoms with Crippen molar-refractivity contribution in [2.24, 2.45) is 5.84 Å². The van der Waals surface area contributed by atoms with Crippen LogP contribution in [0.15, 0.2) is 36.1 Å². The van der Waals surface area contributed by atoms with E-state index in [0.29, 0.717) is 0 Å². The Bertz CT molecular complexity index is 473. The molecule has 0 fully saturated rings. The minimum absolute atomic E-state index is 0.0701. The molecule has 0 saturated carbocycles. The number of rotatable bonds is 3. The first kappa shape index (κ1) is 12.7. The van der Waals surface area contributed by atoms with E-state index in [2.05, 4.69) is 29.7 Å². The van der Waals surface area contributed by atoms with Crippen molar-refractivity contribution >= 4 is 0 Å². The van der Waals surface area contributed by atoms with Crippen LogP contribution in [0.4, 0.5) is 0 Å². The van der Waals surface area contributed by atoms with Gasteiger partial charge in [-0.2, -0.15) is 0 Å². The maximum atomic E-state index is 5.95. The predicted octanol–water partition coefficient (Wildman–Crippen LogP) is 1.83. The molecular weight excluding hydrogens is 240 g/mol. The lowest BCUT2D eigenvalue weighted by Gasteiger charge is -2.34. The van der Waals surface area contributed by atoms with Crippen LogP contribution < -0.4 is 11.3 Å². The van der Waals surface area contributed by atoms with Gasteiger partial charge < -0.3 is 9.47 Å². The first-order valence-electron chi connectivity index (χ1n) is 6.88. The molecule has 0 radical (unpaired) electrons. The number of hydrazine groups is 1. The highest BCUT2D eigenvalue weighted by molar-refractivity contribution is 5.33. The Balaban J connectivity index is 1.90. The molecule has 0 amide bonds. The Labute approximate surface area is 113 Å². The highest BCUT2D eigenvalue weighted by Gasteiger charge is 2.32. The zero-order valence-corrected chi connectivity index (χ0v) is 11.0. The molecule has 102 valence electrons. The van der Waals surface area contributed by atoms with Gasteiger partial charge in [0.1, 0.15) is 17.9 Å². The molecule has 3 N–H and O–H groups in total. The lowest BCUT2D eigenvalue weighted by molar-refractivity contribution is 0.00619. The molecule has 3 rings (SSSR count). The van der Waals surface area contributed by atoms with E-state index >= 15 is 0 Å². The summed E-state index contributed by atoms with van der Waals surface area (Å²) < 4.78 is 11.7. The normalized spacial score (nSPS) is 24.1. The quantitative estimate of drug-likeness (QED) is 0.643. The van der Waals surface area contributed by atoms with Crippen molar-refractivity contribution in [3.63, 3.8) is 0 Å². The summed E-state index contributed by atoms with van der Waals surface area (Å²) in [6.07, 6.45) is 5.13. The summed E-state index contributed by atoms with van der Waals surface area (Å²) in [4.78, 5) is 0. The van der Waals surface area contributed by atoms with E-state index in [1.165, 1.54) is 11.1 Å². The van der Waals surface area contributed by atoms with Crippen LogP contribution in [0.25, 0.3) is 0 Å². The van der Waals surface area contributed by atoms with Crippen molar-refractivity contribution in [2.45, 2.75) is 31.4 Å². The average Bonchev–Trinajstić information content (AvgIpc) is 2.49. The molecule has 4 nitrogen and oxygen atoms in total. The largest absolute Gasteiger partial charge is 0.496 e. The van der Waals surface area contributed by atoms with Crippen molar-refractivity contribution in [3.05, 3.63) is 47.2 Å². The zero-order valence-electron chi connectivity index (χ0n) is 11.0. The van der Waals surface area contributed by atoms with Crippen LogP contribution in [0.3, 0.4) is 0 Å². The Hall–Kier alpha value is -1.36. The van der Waals surface area contributed by atoms with Crippen LogP contribution in [0.2, 0.25) is 0 Å². The second kappa shape index (κ2) is 5.74. The second-order valence-corrected chi connectivity index (χ2v) is 4.98. The van der Waals surface area contributed by atoms with E-state index in [-0.39, 0.29) is 12.1 Å². The molecule has 4 heteroatoms. The van der Waals surface area contributed by atoms with Gasteiger partial charge in [-0.3, -0.25) is 5.84 Å².